The smallest absolute Gasteiger partial charge is 0.197 e. The lowest BCUT2D eigenvalue weighted by molar-refractivity contribution is 0.502. The van der Waals surface area contributed by atoms with E-state index in [0.717, 1.165) is 25.0 Å². The predicted octanol–water partition coefficient (Wildman–Crippen LogP) is 0.450. The zero-order valence-corrected chi connectivity index (χ0v) is 9.59. The summed E-state index contributed by atoms with van der Waals surface area (Å²) in [7, 11) is 1.98. The Bertz CT molecular complexity index is 451. The highest BCUT2D eigenvalue weighted by Gasteiger charge is 2.10. The highest BCUT2D eigenvalue weighted by Crippen LogP contribution is 2.07. The fourth-order valence-corrected chi connectivity index (χ4v) is 1.81. The summed E-state index contributed by atoms with van der Waals surface area (Å²) in [5, 5.41) is 14.8. The van der Waals surface area contributed by atoms with E-state index >= 15 is 0 Å². The first-order chi connectivity index (χ1) is 7.85. The first-order valence-electron chi connectivity index (χ1n) is 5.53. The molecule has 0 amide bonds. The molecule has 0 radical (unpaired) electrons. The van der Waals surface area contributed by atoms with Crippen molar-refractivity contribution in [2.75, 3.05) is 7.05 Å². The Labute approximate surface area is 94.1 Å². The molecule has 6 heteroatoms. The monoisotopic (exact) mass is 220 g/mol. The number of hydrogen-bond donors (Lipinski definition) is 1. The molecule has 0 spiro atoms. The molecule has 1 atom stereocenters. The third kappa shape index (κ3) is 2.16. The predicted molar refractivity (Wildman–Crippen MR) is 60.0 cm³/mol. The average Bonchev–Trinajstić information content (AvgIpc) is 2.77. The molecule has 2 aromatic heterocycles. The van der Waals surface area contributed by atoms with Gasteiger partial charge in [-0.25, -0.2) is 0 Å². The fourth-order valence-electron chi connectivity index (χ4n) is 1.81. The maximum absolute atomic E-state index is 4.14. The van der Waals surface area contributed by atoms with Crippen molar-refractivity contribution >= 4 is 5.65 Å². The number of nitrogens with zero attached hydrogens (tertiary/aromatic N) is 5. The summed E-state index contributed by atoms with van der Waals surface area (Å²) in [6.07, 6.45) is 6.67. The van der Waals surface area contributed by atoms with Crippen LogP contribution in [-0.4, -0.2) is 38.1 Å². The van der Waals surface area contributed by atoms with Gasteiger partial charge in [0.05, 0.1) is 11.9 Å². The summed E-state index contributed by atoms with van der Waals surface area (Å²) in [6.45, 7) is 2.18. The number of nitrogens with one attached hydrogen (secondary N) is 1. The number of rotatable bonds is 5. The van der Waals surface area contributed by atoms with E-state index < -0.39 is 0 Å². The lowest BCUT2D eigenvalue weighted by Gasteiger charge is -2.14. The van der Waals surface area contributed by atoms with Crippen LogP contribution in [0.3, 0.4) is 0 Å². The van der Waals surface area contributed by atoms with Crippen molar-refractivity contribution in [3.05, 3.63) is 18.1 Å². The van der Waals surface area contributed by atoms with E-state index in [-0.39, 0.29) is 0 Å². The van der Waals surface area contributed by atoms with Crippen molar-refractivity contribution in [3.8, 4) is 0 Å². The van der Waals surface area contributed by atoms with Crippen molar-refractivity contribution < 1.29 is 0 Å². The first kappa shape index (κ1) is 10.9. The number of aromatic nitrogens is 5. The average molecular weight is 220 g/mol. The molecule has 0 aliphatic carbocycles. The van der Waals surface area contributed by atoms with Crippen LogP contribution in [0, 0.1) is 0 Å². The molecular weight excluding hydrogens is 204 g/mol. The minimum Gasteiger partial charge on any atom is -0.317 e. The normalized spacial score (nSPS) is 13.1. The quantitative estimate of drug-likeness (QED) is 0.792. The van der Waals surface area contributed by atoms with Crippen molar-refractivity contribution in [3.63, 3.8) is 0 Å². The van der Waals surface area contributed by atoms with Crippen LogP contribution in [0.2, 0.25) is 0 Å². The molecule has 16 heavy (non-hydrogen) atoms. The minimum absolute atomic E-state index is 0.446. The van der Waals surface area contributed by atoms with E-state index in [1.165, 1.54) is 0 Å². The van der Waals surface area contributed by atoms with Crippen molar-refractivity contribution in [2.24, 2.45) is 0 Å². The Morgan fingerprint density at radius 1 is 1.44 bits per heavy atom. The van der Waals surface area contributed by atoms with Gasteiger partial charge in [0, 0.05) is 18.7 Å². The topological polar surface area (TPSA) is 68.0 Å². The Balaban J connectivity index is 2.22. The van der Waals surface area contributed by atoms with Gasteiger partial charge < -0.3 is 5.32 Å². The molecule has 2 rings (SSSR count). The summed E-state index contributed by atoms with van der Waals surface area (Å²) in [4.78, 5) is 4.14. The van der Waals surface area contributed by atoms with Crippen LogP contribution >= 0.6 is 0 Å². The standard InChI is InChI=1S/C10H16N6/c1-3-4-8(11-2)5-9-6-12-7-10-13-14-15-16(9)10/h6-8,11H,3-5H2,1-2H3. The van der Waals surface area contributed by atoms with Gasteiger partial charge in [0.2, 0.25) is 0 Å². The minimum atomic E-state index is 0.446. The molecule has 1 unspecified atom stereocenters. The van der Waals surface area contributed by atoms with E-state index in [4.69, 9.17) is 0 Å². The molecule has 0 saturated heterocycles. The van der Waals surface area contributed by atoms with Gasteiger partial charge >= 0.3 is 0 Å². The van der Waals surface area contributed by atoms with Crippen molar-refractivity contribution in [2.45, 2.75) is 32.2 Å². The molecular formula is C10H16N6. The number of fused-ring (bicyclic) bond motifs is 1. The zero-order chi connectivity index (χ0) is 11.4. The van der Waals surface area contributed by atoms with E-state index in [1.807, 2.05) is 13.2 Å². The molecule has 6 nitrogen and oxygen atoms in total. The van der Waals surface area contributed by atoms with Crippen LogP contribution in [0.5, 0.6) is 0 Å². The van der Waals surface area contributed by atoms with Crippen LogP contribution in [0.1, 0.15) is 25.5 Å². The Morgan fingerprint density at radius 3 is 3.06 bits per heavy atom. The molecule has 0 bridgehead atoms. The fraction of sp³-hybridized carbons (Fsp3) is 0.600. The highest BCUT2D eigenvalue weighted by molar-refractivity contribution is 5.32. The Morgan fingerprint density at radius 2 is 2.31 bits per heavy atom. The molecule has 2 heterocycles. The van der Waals surface area contributed by atoms with Gasteiger partial charge in [-0.1, -0.05) is 13.3 Å². The SMILES string of the molecule is CCCC(Cc1cncc2nnnn12)NC. The van der Waals surface area contributed by atoms with Gasteiger partial charge in [-0.05, 0) is 23.9 Å². The number of likely N-dealkylation sites (N-methyl/N-ethyl adjacent to an activating group) is 1. The van der Waals surface area contributed by atoms with E-state index in [9.17, 15) is 0 Å². The Hall–Kier alpha value is -1.56. The van der Waals surface area contributed by atoms with Gasteiger partial charge in [0.1, 0.15) is 0 Å². The zero-order valence-electron chi connectivity index (χ0n) is 9.59. The first-order valence-corrected chi connectivity index (χ1v) is 5.53. The maximum Gasteiger partial charge on any atom is 0.197 e. The molecule has 0 aliphatic heterocycles. The van der Waals surface area contributed by atoms with E-state index in [0.29, 0.717) is 11.7 Å². The summed E-state index contributed by atoms with van der Waals surface area (Å²) >= 11 is 0. The summed E-state index contributed by atoms with van der Waals surface area (Å²) in [6, 6.07) is 0.446. The second kappa shape index (κ2) is 4.98. The van der Waals surface area contributed by atoms with Crippen molar-refractivity contribution in [1.29, 1.82) is 0 Å². The van der Waals surface area contributed by atoms with Crippen molar-refractivity contribution in [1.82, 2.24) is 30.3 Å². The van der Waals surface area contributed by atoms with Gasteiger partial charge in [-0.2, -0.15) is 4.52 Å². The van der Waals surface area contributed by atoms with E-state index in [2.05, 4.69) is 32.7 Å². The lowest BCUT2D eigenvalue weighted by atomic mass is 10.1. The van der Waals surface area contributed by atoms with Gasteiger partial charge in [-0.3, -0.25) is 4.98 Å². The molecule has 2 aromatic rings. The van der Waals surface area contributed by atoms with Gasteiger partial charge in [0.25, 0.3) is 0 Å². The molecule has 0 fully saturated rings. The second-order valence-electron chi connectivity index (χ2n) is 3.83. The van der Waals surface area contributed by atoms with E-state index in [1.54, 1.807) is 10.7 Å². The summed E-state index contributed by atoms with van der Waals surface area (Å²) in [5.74, 6) is 0. The van der Waals surface area contributed by atoms with Gasteiger partial charge in [0.15, 0.2) is 5.65 Å². The van der Waals surface area contributed by atoms with Crippen LogP contribution in [0.25, 0.3) is 5.65 Å². The molecule has 0 aromatic carbocycles. The van der Waals surface area contributed by atoms with Crippen LogP contribution in [-0.2, 0) is 6.42 Å². The van der Waals surface area contributed by atoms with Crippen LogP contribution in [0.4, 0.5) is 0 Å². The third-order valence-corrected chi connectivity index (χ3v) is 2.68. The molecule has 86 valence electrons. The van der Waals surface area contributed by atoms with Gasteiger partial charge in [-0.15, -0.1) is 5.10 Å². The second-order valence-corrected chi connectivity index (χ2v) is 3.83. The van der Waals surface area contributed by atoms with Crippen LogP contribution < -0.4 is 5.32 Å². The molecule has 0 saturated carbocycles. The molecule has 0 aliphatic rings. The highest BCUT2D eigenvalue weighted by atomic mass is 15.5. The third-order valence-electron chi connectivity index (χ3n) is 2.68. The molecule has 1 N–H and O–H groups in total. The largest absolute Gasteiger partial charge is 0.317 e. The summed E-state index contributed by atoms with van der Waals surface area (Å²) in [5.41, 5.74) is 1.74. The summed E-state index contributed by atoms with van der Waals surface area (Å²) < 4.78 is 1.74. The number of tetrazole rings is 1. The van der Waals surface area contributed by atoms with Crippen LogP contribution in [0.15, 0.2) is 12.4 Å². The maximum atomic E-state index is 4.14. The lowest BCUT2D eigenvalue weighted by Crippen LogP contribution is -2.28. The number of hydrogen-bond acceptors (Lipinski definition) is 5. The Kier molecular flexibility index (Phi) is 3.40.